The van der Waals surface area contributed by atoms with Gasteiger partial charge in [-0.15, -0.1) is 0 Å². The summed E-state index contributed by atoms with van der Waals surface area (Å²) in [6.07, 6.45) is 5.41. The summed E-state index contributed by atoms with van der Waals surface area (Å²) in [7, 11) is 0. The Bertz CT molecular complexity index is 459. The van der Waals surface area contributed by atoms with Crippen LogP contribution in [0.5, 0.6) is 0 Å². The third-order valence-corrected chi connectivity index (χ3v) is 6.11. The molecular weight excluding hydrogens is 242 g/mol. The summed E-state index contributed by atoms with van der Waals surface area (Å²) in [4.78, 5) is 0. The van der Waals surface area contributed by atoms with Crippen molar-refractivity contribution in [3.63, 3.8) is 0 Å². The molecule has 1 aromatic carbocycles. The molecule has 4 unspecified atom stereocenters. The van der Waals surface area contributed by atoms with Gasteiger partial charge in [0.15, 0.2) is 0 Å². The summed E-state index contributed by atoms with van der Waals surface area (Å²) in [6.45, 7) is 9.82. The summed E-state index contributed by atoms with van der Waals surface area (Å²) in [5, 5.41) is 3.99. The van der Waals surface area contributed by atoms with Gasteiger partial charge in [-0.25, -0.2) is 0 Å². The Labute approximate surface area is 124 Å². The van der Waals surface area contributed by atoms with Crippen LogP contribution in [0.3, 0.4) is 0 Å². The predicted octanol–water partition coefficient (Wildman–Crippen LogP) is 4.42. The fourth-order valence-corrected chi connectivity index (χ4v) is 5.03. The summed E-state index contributed by atoms with van der Waals surface area (Å²) >= 11 is 0. The predicted molar refractivity (Wildman–Crippen MR) is 85.8 cm³/mol. The quantitative estimate of drug-likeness (QED) is 0.854. The van der Waals surface area contributed by atoms with Crippen molar-refractivity contribution in [1.82, 2.24) is 5.32 Å². The maximum atomic E-state index is 3.99. The zero-order chi connectivity index (χ0) is 14.4. The minimum Gasteiger partial charge on any atom is -0.310 e. The Kier molecular flexibility index (Phi) is 3.44. The molecular formula is C19H29N. The topological polar surface area (TPSA) is 12.0 Å². The molecule has 20 heavy (non-hydrogen) atoms. The van der Waals surface area contributed by atoms with Gasteiger partial charge in [0, 0.05) is 12.1 Å². The lowest BCUT2D eigenvalue weighted by molar-refractivity contribution is 0.100. The fourth-order valence-electron chi connectivity index (χ4n) is 5.03. The van der Waals surface area contributed by atoms with E-state index in [0.717, 1.165) is 12.3 Å². The molecule has 1 heteroatoms. The van der Waals surface area contributed by atoms with Crippen molar-refractivity contribution >= 4 is 0 Å². The van der Waals surface area contributed by atoms with E-state index >= 15 is 0 Å². The van der Waals surface area contributed by atoms with Gasteiger partial charge in [-0.05, 0) is 54.9 Å². The number of fused-ring (bicyclic) bond motifs is 2. The number of nitrogens with one attached hydrogen (secondary N) is 1. The maximum absolute atomic E-state index is 3.99. The van der Waals surface area contributed by atoms with Crippen molar-refractivity contribution in [2.45, 2.75) is 65.5 Å². The lowest BCUT2D eigenvalue weighted by atomic mass is 9.68. The van der Waals surface area contributed by atoms with E-state index in [1.165, 1.54) is 24.8 Å². The molecule has 1 aromatic rings. The van der Waals surface area contributed by atoms with Crippen LogP contribution in [0.1, 0.15) is 52.5 Å². The van der Waals surface area contributed by atoms with Crippen LogP contribution in [-0.2, 0) is 6.42 Å². The van der Waals surface area contributed by atoms with E-state index in [0.29, 0.717) is 22.9 Å². The summed E-state index contributed by atoms with van der Waals surface area (Å²) in [5.41, 5.74) is 2.43. The smallest absolute Gasteiger partial charge is 0.0177 e. The number of rotatable bonds is 4. The second kappa shape index (κ2) is 4.87. The van der Waals surface area contributed by atoms with Crippen LogP contribution in [0.2, 0.25) is 0 Å². The molecule has 0 radical (unpaired) electrons. The van der Waals surface area contributed by atoms with Gasteiger partial charge in [0.1, 0.15) is 0 Å². The lowest BCUT2D eigenvalue weighted by Crippen LogP contribution is -2.53. The van der Waals surface area contributed by atoms with Crippen LogP contribution in [0.4, 0.5) is 0 Å². The Morgan fingerprint density at radius 3 is 2.50 bits per heavy atom. The third-order valence-electron chi connectivity index (χ3n) is 6.11. The number of benzene rings is 1. The minimum atomic E-state index is 0.456. The average Bonchev–Trinajstić information content (AvgIpc) is 2.87. The largest absolute Gasteiger partial charge is 0.310 e. The van der Waals surface area contributed by atoms with Gasteiger partial charge in [-0.3, -0.25) is 0 Å². The van der Waals surface area contributed by atoms with Gasteiger partial charge >= 0.3 is 0 Å². The Morgan fingerprint density at radius 2 is 1.90 bits per heavy atom. The van der Waals surface area contributed by atoms with E-state index in [-0.39, 0.29) is 0 Å². The molecule has 2 fully saturated rings. The molecule has 3 rings (SSSR count). The molecule has 4 atom stereocenters. The van der Waals surface area contributed by atoms with Crippen molar-refractivity contribution < 1.29 is 0 Å². The van der Waals surface area contributed by atoms with Crippen molar-refractivity contribution in [2.24, 2.45) is 16.7 Å². The highest BCUT2D eigenvalue weighted by molar-refractivity contribution is 5.17. The van der Waals surface area contributed by atoms with E-state index in [4.69, 9.17) is 0 Å². The highest BCUT2D eigenvalue weighted by Gasteiger charge is 2.59. The number of hydrogen-bond donors (Lipinski definition) is 1. The molecule has 2 aliphatic rings. The van der Waals surface area contributed by atoms with Crippen LogP contribution in [0.25, 0.3) is 0 Å². The summed E-state index contributed by atoms with van der Waals surface area (Å²) in [6, 6.07) is 12.1. The third kappa shape index (κ3) is 2.30. The highest BCUT2D eigenvalue weighted by atomic mass is 15.0. The van der Waals surface area contributed by atoms with Crippen LogP contribution >= 0.6 is 0 Å². The first-order chi connectivity index (χ1) is 9.42. The minimum absolute atomic E-state index is 0.456. The van der Waals surface area contributed by atoms with E-state index < -0.39 is 0 Å². The van der Waals surface area contributed by atoms with Gasteiger partial charge in [0.05, 0.1) is 0 Å². The molecule has 1 nitrogen and oxygen atoms in total. The first-order valence-electron chi connectivity index (χ1n) is 8.22. The Hall–Kier alpha value is -0.820. The highest BCUT2D eigenvalue weighted by Crippen LogP contribution is 2.62. The van der Waals surface area contributed by atoms with Crippen LogP contribution in [0.15, 0.2) is 30.3 Å². The van der Waals surface area contributed by atoms with E-state index in [1.807, 2.05) is 0 Å². The molecule has 0 heterocycles. The fraction of sp³-hybridized carbons (Fsp3) is 0.684. The molecule has 0 aromatic heterocycles. The average molecular weight is 271 g/mol. The van der Waals surface area contributed by atoms with E-state index in [1.54, 1.807) is 0 Å². The van der Waals surface area contributed by atoms with Gasteiger partial charge in [0.25, 0.3) is 0 Å². The zero-order valence-corrected chi connectivity index (χ0v) is 13.4. The normalized spacial score (nSPS) is 36.2. The maximum Gasteiger partial charge on any atom is 0.0177 e. The first kappa shape index (κ1) is 14.1. The van der Waals surface area contributed by atoms with E-state index in [2.05, 4.69) is 63.3 Å². The molecule has 0 amide bonds. The van der Waals surface area contributed by atoms with Crippen LogP contribution in [-0.4, -0.2) is 12.1 Å². The van der Waals surface area contributed by atoms with Crippen molar-refractivity contribution in [3.8, 4) is 0 Å². The number of hydrogen-bond acceptors (Lipinski definition) is 1. The SMILES string of the molecule is CC(Cc1ccccc1)NC1C2(C)CCC(C2)C1(C)C. The molecule has 0 aliphatic heterocycles. The molecule has 0 spiro atoms. The second-order valence-corrected chi connectivity index (χ2v) is 8.11. The molecule has 2 aliphatic carbocycles. The lowest BCUT2D eigenvalue weighted by Gasteiger charge is -2.44. The summed E-state index contributed by atoms with van der Waals surface area (Å²) < 4.78 is 0. The van der Waals surface area contributed by atoms with Gasteiger partial charge < -0.3 is 5.32 Å². The Morgan fingerprint density at radius 1 is 1.20 bits per heavy atom. The molecule has 0 saturated heterocycles. The molecule has 1 N–H and O–H groups in total. The molecule has 110 valence electrons. The van der Waals surface area contributed by atoms with Crippen LogP contribution < -0.4 is 5.32 Å². The Balaban J connectivity index is 1.68. The van der Waals surface area contributed by atoms with Gasteiger partial charge in [-0.2, -0.15) is 0 Å². The van der Waals surface area contributed by atoms with Crippen molar-refractivity contribution in [2.75, 3.05) is 0 Å². The van der Waals surface area contributed by atoms with Gasteiger partial charge in [-0.1, -0.05) is 51.1 Å². The van der Waals surface area contributed by atoms with Gasteiger partial charge in [0.2, 0.25) is 0 Å². The monoisotopic (exact) mass is 271 g/mol. The van der Waals surface area contributed by atoms with E-state index in [9.17, 15) is 0 Å². The van der Waals surface area contributed by atoms with Crippen molar-refractivity contribution in [1.29, 1.82) is 0 Å². The van der Waals surface area contributed by atoms with Crippen LogP contribution in [0, 0.1) is 16.7 Å². The standard InChI is InChI=1S/C19H29N/c1-14(12-15-8-6-5-7-9-15)20-17-18(2,3)16-10-11-19(17,4)13-16/h5-9,14,16-17,20H,10-13H2,1-4H3. The zero-order valence-electron chi connectivity index (χ0n) is 13.4. The van der Waals surface area contributed by atoms with Crippen molar-refractivity contribution in [3.05, 3.63) is 35.9 Å². The second-order valence-electron chi connectivity index (χ2n) is 8.11. The molecule has 2 saturated carbocycles. The molecule has 2 bridgehead atoms. The summed E-state index contributed by atoms with van der Waals surface area (Å²) in [5.74, 6) is 0.925. The first-order valence-corrected chi connectivity index (χ1v) is 8.22.